The zero-order valence-electron chi connectivity index (χ0n) is 22.6. The minimum absolute atomic E-state index is 0.553. The van der Waals surface area contributed by atoms with Crippen LogP contribution in [0.1, 0.15) is 132 Å². The molecule has 3 saturated carbocycles. The summed E-state index contributed by atoms with van der Waals surface area (Å²) in [6.07, 6.45) is 20.2. The van der Waals surface area contributed by atoms with Gasteiger partial charge in [0, 0.05) is 0 Å². The van der Waals surface area contributed by atoms with Gasteiger partial charge in [0.1, 0.15) is 0 Å². The van der Waals surface area contributed by atoms with Crippen molar-refractivity contribution >= 4 is 0 Å². The van der Waals surface area contributed by atoms with Gasteiger partial charge in [-0.15, -0.1) is 0 Å². The summed E-state index contributed by atoms with van der Waals surface area (Å²) in [5.41, 5.74) is 3.06. The van der Waals surface area contributed by atoms with Crippen molar-refractivity contribution in [1.82, 2.24) is 0 Å². The van der Waals surface area contributed by atoms with Crippen molar-refractivity contribution < 1.29 is 0 Å². The first-order valence-corrected chi connectivity index (χ1v) is 14.4. The highest BCUT2D eigenvalue weighted by Crippen LogP contribution is 2.67. The first-order chi connectivity index (χ1) is 14.7. The molecule has 0 saturated heterocycles. The molecule has 0 bridgehead atoms. The number of fused-ring (bicyclic) bond motifs is 5. The van der Waals surface area contributed by atoms with Gasteiger partial charge in [0.25, 0.3) is 0 Å². The molecular weight excluding hydrogens is 372 g/mol. The quantitative estimate of drug-likeness (QED) is 0.382. The second kappa shape index (κ2) is 10.3. The SMILES string of the molecule is CC(C)CCC[C@@H](C)[C@H]1CC[C@H]2[C@@H]3CC=C4C[C@@H](C)CC[C@]4(C)[C@H]3CC[C@]12C.CCC. The molecule has 0 aromatic heterocycles. The van der Waals surface area contributed by atoms with E-state index in [9.17, 15) is 0 Å². The molecule has 0 amide bonds. The summed E-state index contributed by atoms with van der Waals surface area (Å²) >= 11 is 0. The van der Waals surface area contributed by atoms with Gasteiger partial charge >= 0.3 is 0 Å². The zero-order valence-corrected chi connectivity index (χ0v) is 22.6. The molecule has 0 N–H and O–H groups in total. The molecule has 4 aliphatic carbocycles. The maximum absolute atomic E-state index is 2.75. The van der Waals surface area contributed by atoms with Gasteiger partial charge in [0.2, 0.25) is 0 Å². The average Bonchev–Trinajstić information content (AvgIpc) is 3.06. The molecule has 4 aliphatic rings. The van der Waals surface area contributed by atoms with E-state index in [1.165, 1.54) is 77.0 Å². The molecule has 0 heteroatoms. The molecule has 0 nitrogen and oxygen atoms in total. The Balaban J connectivity index is 0.000000858. The molecule has 0 aromatic rings. The molecular formula is C31H56. The highest BCUT2D eigenvalue weighted by Gasteiger charge is 2.58. The first kappa shape index (κ1) is 25.4. The van der Waals surface area contributed by atoms with E-state index in [0.717, 1.165) is 41.4 Å². The predicted octanol–water partition coefficient (Wildman–Crippen LogP) is 10.1. The van der Waals surface area contributed by atoms with Gasteiger partial charge in [-0.25, -0.2) is 0 Å². The second-order valence-electron chi connectivity index (χ2n) is 13.3. The Hall–Kier alpha value is -0.260. The topological polar surface area (TPSA) is 0 Å². The maximum Gasteiger partial charge on any atom is -0.00851 e. The maximum atomic E-state index is 2.75. The van der Waals surface area contributed by atoms with Crippen LogP contribution in [-0.4, -0.2) is 0 Å². The van der Waals surface area contributed by atoms with Crippen LogP contribution < -0.4 is 0 Å². The van der Waals surface area contributed by atoms with Crippen LogP contribution in [0.4, 0.5) is 0 Å². The second-order valence-corrected chi connectivity index (χ2v) is 13.3. The van der Waals surface area contributed by atoms with Crippen LogP contribution in [0.5, 0.6) is 0 Å². The normalized spacial score (nSPS) is 42.6. The molecule has 0 heterocycles. The van der Waals surface area contributed by atoms with Crippen LogP contribution in [0.2, 0.25) is 0 Å². The summed E-state index contributed by atoms with van der Waals surface area (Å²) in [7, 11) is 0. The van der Waals surface area contributed by atoms with Gasteiger partial charge in [-0.3, -0.25) is 0 Å². The summed E-state index contributed by atoms with van der Waals surface area (Å²) in [5.74, 6) is 6.73. The smallest absolute Gasteiger partial charge is 0.00851 e. The Morgan fingerprint density at radius 1 is 0.935 bits per heavy atom. The molecule has 0 radical (unpaired) electrons. The predicted molar refractivity (Wildman–Crippen MR) is 138 cm³/mol. The van der Waals surface area contributed by atoms with Gasteiger partial charge in [0.05, 0.1) is 0 Å². The third-order valence-electron chi connectivity index (χ3n) is 10.6. The van der Waals surface area contributed by atoms with Crippen molar-refractivity contribution in [2.45, 2.75) is 132 Å². The van der Waals surface area contributed by atoms with Crippen molar-refractivity contribution in [2.75, 3.05) is 0 Å². The lowest BCUT2D eigenvalue weighted by molar-refractivity contribution is -0.0523. The lowest BCUT2D eigenvalue weighted by Crippen LogP contribution is -2.50. The molecule has 3 fully saturated rings. The number of rotatable bonds is 5. The third kappa shape index (κ3) is 4.99. The molecule has 31 heavy (non-hydrogen) atoms. The molecule has 0 aromatic carbocycles. The van der Waals surface area contributed by atoms with Gasteiger partial charge in [0.15, 0.2) is 0 Å². The first-order valence-electron chi connectivity index (χ1n) is 14.4. The van der Waals surface area contributed by atoms with Gasteiger partial charge in [-0.05, 0) is 104 Å². The van der Waals surface area contributed by atoms with Gasteiger partial charge < -0.3 is 0 Å². The summed E-state index contributed by atoms with van der Waals surface area (Å²) in [5, 5.41) is 0. The highest BCUT2D eigenvalue weighted by molar-refractivity contribution is 5.25. The van der Waals surface area contributed by atoms with E-state index < -0.39 is 0 Å². The lowest BCUT2D eigenvalue weighted by atomic mass is 9.46. The molecule has 4 rings (SSSR count). The minimum atomic E-state index is 0.553. The Kier molecular flexibility index (Phi) is 8.46. The van der Waals surface area contributed by atoms with Crippen LogP contribution in [0, 0.1) is 52.3 Å². The molecule has 0 aliphatic heterocycles. The summed E-state index contributed by atoms with van der Waals surface area (Å²) in [4.78, 5) is 0. The van der Waals surface area contributed by atoms with E-state index in [2.05, 4.69) is 61.5 Å². The molecule has 180 valence electrons. The molecule has 8 atom stereocenters. The lowest BCUT2D eigenvalue weighted by Gasteiger charge is -2.58. The Morgan fingerprint density at radius 2 is 1.65 bits per heavy atom. The fourth-order valence-electron chi connectivity index (χ4n) is 8.87. The standard InChI is InChI=1S/C28H48.C3H8/c1-19(2)8-7-9-21(4)24-12-13-25-23-11-10-22-18-20(3)14-16-27(22,5)26(23)15-17-28(24,25)6;1-3-2/h10,19-21,23-26H,7-9,11-18H2,1-6H3;3H2,1-2H3/t20-,21+,23-,24+,25-,26-,27-,28+;/m0./s1. The average molecular weight is 429 g/mol. The van der Waals surface area contributed by atoms with E-state index in [0.29, 0.717) is 10.8 Å². The van der Waals surface area contributed by atoms with E-state index in [4.69, 9.17) is 0 Å². The van der Waals surface area contributed by atoms with Crippen LogP contribution in [0.15, 0.2) is 11.6 Å². The van der Waals surface area contributed by atoms with Crippen LogP contribution in [-0.2, 0) is 0 Å². The Morgan fingerprint density at radius 3 is 2.32 bits per heavy atom. The minimum Gasteiger partial charge on any atom is -0.0845 e. The molecule has 0 spiro atoms. The van der Waals surface area contributed by atoms with Gasteiger partial charge in [-0.2, -0.15) is 0 Å². The summed E-state index contributed by atoms with van der Waals surface area (Å²) in [6.45, 7) is 19.5. The monoisotopic (exact) mass is 428 g/mol. The highest BCUT2D eigenvalue weighted by atomic mass is 14.6. The number of hydrogen-bond acceptors (Lipinski definition) is 0. The fourth-order valence-corrected chi connectivity index (χ4v) is 8.87. The van der Waals surface area contributed by atoms with Gasteiger partial charge in [-0.1, -0.05) is 92.7 Å². The summed E-state index contributed by atoms with van der Waals surface area (Å²) in [6, 6.07) is 0. The zero-order chi connectivity index (χ0) is 22.8. The largest absolute Gasteiger partial charge is 0.0845 e. The van der Waals surface area contributed by atoms with Crippen molar-refractivity contribution in [3.8, 4) is 0 Å². The van der Waals surface area contributed by atoms with Crippen molar-refractivity contribution in [2.24, 2.45) is 52.3 Å². The van der Waals surface area contributed by atoms with E-state index >= 15 is 0 Å². The number of hydrogen-bond donors (Lipinski definition) is 0. The Bertz CT molecular complexity index is 599. The van der Waals surface area contributed by atoms with Crippen LogP contribution >= 0.6 is 0 Å². The summed E-state index contributed by atoms with van der Waals surface area (Å²) < 4.78 is 0. The van der Waals surface area contributed by atoms with E-state index in [1.807, 2.05) is 5.57 Å². The molecule has 0 unspecified atom stereocenters. The third-order valence-corrected chi connectivity index (χ3v) is 10.6. The van der Waals surface area contributed by atoms with Crippen LogP contribution in [0.3, 0.4) is 0 Å². The fraction of sp³-hybridized carbons (Fsp3) is 0.935. The van der Waals surface area contributed by atoms with E-state index in [1.54, 1.807) is 0 Å². The number of allylic oxidation sites excluding steroid dienone is 2. The van der Waals surface area contributed by atoms with Crippen molar-refractivity contribution in [1.29, 1.82) is 0 Å². The van der Waals surface area contributed by atoms with Crippen molar-refractivity contribution in [3.63, 3.8) is 0 Å². The Labute approximate surface area is 196 Å². The van der Waals surface area contributed by atoms with E-state index in [-0.39, 0.29) is 0 Å². The van der Waals surface area contributed by atoms with Crippen LogP contribution in [0.25, 0.3) is 0 Å². The van der Waals surface area contributed by atoms with Crippen molar-refractivity contribution in [3.05, 3.63) is 11.6 Å².